The lowest BCUT2D eigenvalue weighted by atomic mass is 9.95. The molecule has 2 rings (SSSR count). The third-order valence-corrected chi connectivity index (χ3v) is 5.70. The van der Waals surface area contributed by atoms with Gasteiger partial charge >= 0.3 is 0 Å². The van der Waals surface area contributed by atoms with Gasteiger partial charge in [-0.15, -0.1) is 11.3 Å². The van der Waals surface area contributed by atoms with Crippen molar-refractivity contribution in [2.24, 2.45) is 0 Å². The van der Waals surface area contributed by atoms with Crippen LogP contribution < -0.4 is 5.32 Å². The first-order valence-corrected chi connectivity index (χ1v) is 9.35. The first-order chi connectivity index (χ1) is 9.70. The number of halogens is 2. The molecule has 1 nitrogen and oxygen atoms in total. The van der Waals surface area contributed by atoms with Gasteiger partial charge in [0, 0.05) is 26.3 Å². The van der Waals surface area contributed by atoms with Crippen LogP contribution in [0.4, 0.5) is 0 Å². The van der Waals surface area contributed by atoms with Crippen molar-refractivity contribution in [3.05, 3.63) is 55.1 Å². The van der Waals surface area contributed by atoms with Crippen LogP contribution in [0, 0.1) is 0 Å². The van der Waals surface area contributed by atoms with E-state index in [9.17, 15) is 0 Å². The maximum atomic E-state index is 3.64. The van der Waals surface area contributed by atoms with Crippen molar-refractivity contribution in [3.8, 4) is 0 Å². The molecule has 0 radical (unpaired) electrons. The topological polar surface area (TPSA) is 12.0 Å². The molecule has 0 aliphatic rings. The number of nitrogens with one attached hydrogen (secondary N) is 1. The van der Waals surface area contributed by atoms with Gasteiger partial charge in [-0.1, -0.05) is 35.0 Å². The minimum Gasteiger partial charge on any atom is -0.316 e. The van der Waals surface area contributed by atoms with Crippen LogP contribution in [0.3, 0.4) is 0 Å². The van der Waals surface area contributed by atoms with Crippen molar-refractivity contribution in [3.63, 3.8) is 0 Å². The van der Waals surface area contributed by atoms with Gasteiger partial charge in [-0.3, -0.25) is 0 Å². The molecule has 0 saturated heterocycles. The third kappa shape index (κ3) is 4.69. The van der Waals surface area contributed by atoms with E-state index in [4.69, 9.17) is 0 Å². The molecule has 0 aliphatic heterocycles. The monoisotopic (exact) mass is 415 g/mol. The van der Waals surface area contributed by atoms with E-state index >= 15 is 0 Å². The summed E-state index contributed by atoms with van der Waals surface area (Å²) in [6.45, 7) is 4.31. The molecule has 0 amide bonds. The summed E-state index contributed by atoms with van der Waals surface area (Å²) >= 11 is 9.05. The zero-order valence-corrected chi connectivity index (χ0v) is 15.5. The Morgan fingerprint density at radius 3 is 2.75 bits per heavy atom. The molecule has 108 valence electrons. The Kier molecular flexibility index (Phi) is 6.75. The highest BCUT2D eigenvalue weighted by Crippen LogP contribution is 2.30. The molecule has 0 bridgehead atoms. The summed E-state index contributed by atoms with van der Waals surface area (Å²) in [6.07, 6.45) is 2.25. The molecule has 4 heteroatoms. The van der Waals surface area contributed by atoms with E-state index < -0.39 is 0 Å². The second-order valence-corrected chi connectivity index (χ2v) is 7.62. The molecule has 1 aromatic carbocycles. The highest BCUT2D eigenvalue weighted by molar-refractivity contribution is 9.10. The molecule has 1 heterocycles. The van der Waals surface area contributed by atoms with E-state index in [0.717, 1.165) is 24.0 Å². The molecular formula is C16H19Br2NS. The van der Waals surface area contributed by atoms with Crippen LogP contribution in [-0.2, 0) is 6.42 Å². The van der Waals surface area contributed by atoms with Crippen LogP contribution in [0.2, 0.25) is 0 Å². The summed E-state index contributed by atoms with van der Waals surface area (Å²) in [5, 5.41) is 5.71. The quantitative estimate of drug-likeness (QED) is 0.579. The minimum absolute atomic E-state index is 0.508. The molecule has 2 aromatic rings. The van der Waals surface area contributed by atoms with E-state index in [-0.39, 0.29) is 0 Å². The molecule has 1 N–H and O–H groups in total. The van der Waals surface area contributed by atoms with Crippen molar-refractivity contribution >= 4 is 43.2 Å². The van der Waals surface area contributed by atoms with Crippen molar-refractivity contribution in [1.82, 2.24) is 5.32 Å². The van der Waals surface area contributed by atoms with Crippen molar-refractivity contribution in [2.45, 2.75) is 25.7 Å². The van der Waals surface area contributed by atoms with Gasteiger partial charge in [0.1, 0.15) is 0 Å². The van der Waals surface area contributed by atoms with Gasteiger partial charge in [-0.25, -0.2) is 0 Å². The Morgan fingerprint density at radius 2 is 2.10 bits per heavy atom. The second kappa shape index (κ2) is 8.32. The zero-order valence-electron chi connectivity index (χ0n) is 11.5. The van der Waals surface area contributed by atoms with Gasteiger partial charge in [0.05, 0.1) is 0 Å². The predicted octanol–water partition coefficient (Wildman–Crippen LogP) is 5.60. The fraction of sp³-hybridized carbons (Fsp3) is 0.375. The van der Waals surface area contributed by atoms with Gasteiger partial charge in [-0.05, 0) is 64.5 Å². The van der Waals surface area contributed by atoms with Crippen LogP contribution in [0.1, 0.15) is 29.7 Å². The summed E-state index contributed by atoms with van der Waals surface area (Å²) in [4.78, 5) is 1.42. The average Bonchev–Trinajstić information content (AvgIpc) is 2.83. The van der Waals surface area contributed by atoms with E-state index in [1.165, 1.54) is 21.3 Å². The van der Waals surface area contributed by atoms with Gasteiger partial charge in [0.2, 0.25) is 0 Å². The maximum Gasteiger partial charge on any atom is 0.0314 e. The highest BCUT2D eigenvalue weighted by atomic mass is 79.9. The Hall–Kier alpha value is -0.160. The Labute approximate surface area is 142 Å². The van der Waals surface area contributed by atoms with Crippen molar-refractivity contribution in [1.29, 1.82) is 0 Å². The van der Waals surface area contributed by atoms with E-state index in [1.54, 1.807) is 0 Å². The Bertz CT molecular complexity index is 539. The van der Waals surface area contributed by atoms with Gasteiger partial charge in [0.15, 0.2) is 0 Å². The van der Waals surface area contributed by atoms with Crippen LogP contribution >= 0.6 is 43.2 Å². The molecule has 1 aromatic heterocycles. The van der Waals surface area contributed by atoms with Crippen LogP contribution in [-0.4, -0.2) is 13.1 Å². The second-order valence-electron chi connectivity index (χ2n) is 4.85. The zero-order chi connectivity index (χ0) is 14.4. The van der Waals surface area contributed by atoms with Crippen LogP contribution in [0.25, 0.3) is 0 Å². The average molecular weight is 417 g/mol. The SMILES string of the molecule is CCCNCC(Cc1sccc1Br)c1cccc(Br)c1. The van der Waals surface area contributed by atoms with Crippen LogP contribution in [0.5, 0.6) is 0 Å². The summed E-state index contributed by atoms with van der Waals surface area (Å²) in [5.74, 6) is 0.508. The predicted molar refractivity (Wildman–Crippen MR) is 95.8 cm³/mol. The van der Waals surface area contributed by atoms with Gasteiger partial charge < -0.3 is 5.32 Å². The number of thiophene rings is 1. The Balaban J connectivity index is 2.13. The summed E-state index contributed by atoms with van der Waals surface area (Å²) in [6, 6.07) is 10.8. The molecule has 0 fully saturated rings. The fourth-order valence-electron chi connectivity index (χ4n) is 2.22. The Morgan fingerprint density at radius 1 is 1.25 bits per heavy atom. The van der Waals surface area contributed by atoms with E-state index in [2.05, 4.69) is 79.8 Å². The van der Waals surface area contributed by atoms with Gasteiger partial charge in [-0.2, -0.15) is 0 Å². The number of hydrogen-bond donors (Lipinski definition) is 1. The normalized spacial score (nSPS) is 12.6. The molecule has 0 spiro atoms. The summed E-state index contributed by atoms with van der Waals surface area (Å²) in [7, 11) is 0. The number of benzene rings is 1. The smallest absolute Gasteiger partial charge is 0.0314 e. The van der Waals surface area contributed by atoms with Gasteiger partial charge in [0.25, 0.3) is 0 Å². The third-order valence-electron chi connectivity index (χ3n) is 3.26. The van der Waals surface area contributed by atoms with Crippen molar-refractivity contribution in [2.75, 3.05) is 13.1 Å². The molecule has 0 saturated carbocycles. The van der Waals surface area contributed by atoms with Crippen LogP contribution in [0.15, 0.2) is 44.7 Å². The number of rotatable bonds is 7. The lowest BCUT2D eigenvalue weighted by molar-refractivity contribution is 0.578. The van der Waals surface area contributed by atoms with E-state index in [1.807, 2.05) is 11.3 Å². The first kappa shape index (κ1) is 16.2. The molecule has 1 unspecified atom stereocenters. The summed E-state index contributed by atoms with van der Waals surface area (Å²) in [5.41, 5.74) is 1.39. The molecule has 20 heavy (non-hydrogen) atoms. The largest absolute Gasteiger partial charge is 0.316 e. The molecule has 0 aliphatic carbocycles. The standard InChI is InChI=1S/C16H19Br2NS/c1-2-7-19-11-13(10-16-15(18)6-8-20-16)12-4-3-5-14(17)9-12/h3-6,8-9,13,19H,2,7,10-11H2,1H3. The minimum atomic E-state index is 0.508. The summed E-state index contributed by atoms with van der Waals surface area (Å²) < 4.78 is 2.39. The first-order valence-electron chi connectivity index (χ1n) is 6.88. The highest BCUT2D eigenvalue weighted by Gasteiger charge is 2.15. The van der Waals surface area contributed by atoms with Crippen molar-refractivity contribution < 1.29 is 0 Å². The van der Waals surface area contributed by atoms with E-state index in [0.29, 0.717) is 5.92 Å². The molecule has 1 atom stereocenters. The fourth-order valence-corrected chi connectivity index (χ4v) is 4.23. The lowest BCUT2D eigenvalue weighted by Gasteiger charge is -2.18. The maximum absolute atomic E-state index is 3.64. The lowest BCUT2D eigenvalue weighted by Crippen LogP contribution is -2.23. The number of hydrogen-bond acceptors (Lipinski definition) is 2. The molecular weight excluding hydrogens is 398 g/mol.